The number of rotatable bonds is 12. The van der Waals surface area contributed by atoms with E-state index >= 15 is 0 Å². The number of hydrogen-bond acceptors (Lipinski definition) is 10. The highest BCUT2D eigenvalue weighted by Crippen LogP contribution is 2.48. The van der Waals surface area contributed by atoms with E-state index in [0.717, 1.165) is 75.6 Å². The molecule has 2 aliphatic rings. The second-order valence-corrected chi connectivity index (χ2v) is 19.4. The SMILES string of the molecule is C[n+]1ccc(-c2cccc3cccc(-c4cc[n+](C)c(/C=C5\Sc6ccccc6N5CCCS(=O)(=O)[O-])c4)c23)cc1/C=C1\Sc2ccccc2N1CCCS(=O)(=O)[O-]. The number of thioether (sulfide) groups is 2. The van der Waals surface area contributed by atoms with Crippen LogP contribution < -0.4 is 18.9 Å². The number of anilines is 2. The summed E-state index contributed by atoms with van der Waals surface area (Å²) >= 11 is 3.25. The van der Waals surface area contributed by atoms with Crippen LogP contribution in [0, 0.1) is 0 Å². The van der Waals surface area contributed by atoms with Gasteiger partial charge < -0.3 is 18.9 Å². The van der Waals surface area contributed by atoms with E-state index in [1.54, 1.807) is 23.5 Å². The minimum absolute atomic E-state index is 0.221. The second kappa shape index (κ2) is 16.4. The van der Waals surface area contributed by atoms with Crippen LogP contribution in [0.15, 0.2) is 141 Å². The molecule has 0 saturated heterocycles. The molecule has 4 heterocycles. The Bertz CT molecular complexity index is 2670. The molecule has 0 fully saturated rings. The Morgan fingerprint density at radius 2 is 1.02 bits per heavy atom. The number of pyridine rings is 2. The molecular weight excluding hydrogens is 809 g/mol. The molecule has 6 aromatic rings. The standard InChI is InChI=1S/C44H40N4O6S4/c1-45-23-19-32(27-34(45)29-42-47(21-9-25-57(49,50)51)38-15-3-5-17-40(38)55-42)36-13-7-11-31-12-8-14-37(44(31)36)33-20-24-46(2)35(28-33)30-43-48(22-10-26-58(52,53)54)39-16-4-6-18-41(39)56-43/h3-8,11-20,23-24,27-30H,9-10,21-22,25-26H2,1-2H3. The molecule has 4 aromatic carbocycles. The Morgan fingerprint density at radius 3 is 1.45 bits per heavy atom. The molecule has 0 amide bonds. The fraction of sp³-hybridized carbons (Fsp3) is 0.182. The van der Waals surface area contributed by atoms with Gasteiger partial charge >= 0.3 is 0 Å². The largest absolute Gasteiger partial charge is 0.748 e. The first-order chi connectivity index (χ1) is 27.8. The highest BCUT2D eigenvalue weighted by molar-refractivity contribution is 8.04. The fourth-order valence-electron chi connectivity index (χ4n) is 7.45. The first kappa shape index (κ1) is 39.8. The molecule has 58 heavy (non-hydrogen) atoms. The predicted molar refractivity (Wildman–Crippen MR) is 231 cm³/mol. The van der Waals surface area contributed by atoms with Crippen LogP contribution in [0.2, 0.25) is 0 Å². The molecule has 0 saturated carbocycles. The highest BCUT2D eigenvalue weighted by Gasteiger charge is 2.28. The average molecular weight is 849 g/mol. The van der Waals surface area contributed by atoms with E-state index in [9.17, 15) is 25.9 Å². The van der Waals surface area contributed by atoms with Crippen LogP contribution in [0.4, 0.5) is 11.4 Å². The molecule has 2 aromatic heterocycles. The minimum atomic E-state index is -4.32. The summed E-state index contributed by atoms with van der Waals surface area (Å²) in [5.74, 6) is -0.837. The van der Waals surface area contributed by atoms with Gasteiger partial charge in [-0.2, -0.15) is 0 Å². The summed E-state index contributed by atoms with van der Waals surface area (Å²) in [5, 5.41) is 4.11. The van der Waals surface area contributed by atoms with Crippen LogP contribution in [0.3, 0.4) is 0 Å². The van der Waals surface area contributed by atoms with Crippen molar-refractivity contribution >= 4 is 78.1 Å². The molecule has 0 spiro atoms. The zero-order valence-corrected chi connectivity index (χ0v) is 35.1. The number of benzene rings is 4. The Hall–Kier alpha value is -4.96. The molecule has 0 unspecified atom stereocenters. The summed E-state index contributed by atoms with van der Waals surface area (Å²) in [4.78, 5) is 6.33. The smallest absolute Gasteiger partial charge is 0.208 e. The molecule has 8 rings (SSSR count). The Morgan fingerprint density at radius 1 is 0.586 bits per heavy atom. The first-order valence-electron chi connectivity index (χ1n) is 18.7. The van der Waals surface area contributed by atoms with Crippen LogP contribution in [-0.2, 0) is 34.3 Å². The third-order valence-corrected chi connectivity index (χ3v) is 14.1. The monoisotopic (exact) mass is 848 g/mol. The van der Waals surface area contributed by atoms with Crippen LogP contribution >= 0.6 is 23.5 Å². The maximum absolute atomic E-state index is 11.4. The van der Waals surface area contributed by atoms with Gasteiger partial charge in [-0.05, 0) is 70.1 Å². The van der Waals surface area contributed by atoms with E-state index in [-0.39, 0.29) is 12.8 Å². The normalized spacial score (nSPS) is 15.4. The average Bonchev–Trinajstić information content (AvgIpc) is 3.72. The Labute approximate surface area is 347 Å². The van der Waals surface area contributed by atoms with Crippen molar-refractivity contribution in [2.75, 3.05) is 34.4 Å². The summed E-state index contributed by atoms with van der Waals surface area (Å²) in [6, 6.07) is 37.3. The summed E-state index contributed by atoms with van der Waals surface area (Å²) in [6.07, 6.45) is 8.77. The van der Waals surface area contributed by atoms with Gasteiger partial charge in [0.2, 0.25) is 11.4 Å². The second-order valence-electron chi connectivity index (χ2n) is 14.3. The lowest BCUT2D eigenvalue weighted by molar-refractivity contribution is -0.673. The fourth-order valence-corrected chi connectivity index (χ4v) is 10.7. The van der Waals surface area contributed by atoms with Gasteiger partial charge in [-0.25, -0.2) is 26.0 Å². The van der Waals surface area contributed by atoms with E-state index in [4.69, 9.17) is 0 Å². The molecule has 0 radical (unpaired) electrons. The summed E-state index contributed by atoms with van der Waals surface area (Å²) in [7, 11) is -4.65. The molecule has 0 atom stereocenters. The van der Waals surface area contributed by atoms with Crippen molar-refractivity contribution in [2.45, 2.75) is 22.6 Å². The predicted octanol–water partition coefficient (Wildman–Crippen LogP) is 7.51. The van der Waals surface area contributed by atoms with E-state index < -0.39 is 31.7 Å². The number of fused-ring (bicyclic) bond motifs is 3. The van der Waals surface area contributed by atoms with E-state index in [1.165, 1.54) is 0 Å². The third-order valence-electron chi connectivity index (χ3n) is 10.3. The number of aromatic nitrogens is 2. The Kier molecular flexibility index (Phi) is 11.2. The van der Waals surface area contributed by atoms with Crippen LogP contribution in [0.1, 0.15) is 24.2 Å². The van der Waals surface area contributed by atoms with Gasteiger partial charge in [-0.1, -0.05) is 84.2 Å². The van der Waals surface area contributed by atoms with E-state index in [1.807, 2.05) is 75.0 Å². The summed E-state index contributed by atoms with van der Waals surface area (Å²) in [5.41, 5.74) is 8.10. The molecular formula is C44H40N4O6S4. The number of hydrogen-bond donors (Lipinski definition) is 0. The molecule has 0 bridgehead atoms. The van der Waals surface area contributed by atoms with Crippen molar-refractivity contribution < 1.29 is 35.1 Å². The number of nitrogens with zero attached hydrogens (tertiary/aromatic N) is 4. The molecule has 10 nitrogen and oxygen atoms in total. The zero-order chi connectivity index (χ0) is 40.6. The van der Waals surface area contributed by atoms with Gasteiger partial charge in [0, 0.05) is 70.8 Å². The lowest BCUT2D eigenvalue weighted by Crippen LogP contribution is -2.31. The van der Waals surface area contributed by atoms with Gasteiger partial charge in [-0.3, -0.25) is 0 Å². The van der Waals surface area contributed by atoms with Gasteiger partial charge in [0.25, 0.3) is 0 Å². The minimum Gasteiger partial charge on any atom is -0.748 e. The molecule has 296 valence electrons. The van der Waals surface area contributed by atoms with Crippen LogP contribution in [-0.4, -0.2) is 50.5 Å². The van der Waals surface area contributed by atoms with Crippen LogP contribution in [0.5, 0.6) is 0 Å². The maximum Gasteiger partial charge on any atom is 0.208 e. The molecule has 0 N–H and O–H groups in total. The quantitative estimate of drug-likeness (QED) is 0.0902. The van der Waals surface area contributed by atoms with Crippen molar-refractivity contribution in [3.05, 3.63) is 143 Å². The van der Waals surface area contributed by atoms with E-state index in [0.29, 0.717) is 13.1 Å². The topological polar surface area (TPSA) is 129 Å². The van der Waals surface area contributed by atoms with Gasteiger partial charge in [0.15, 0.2) is 12.4 Å². The van der Waals surface area contributed by atoms with E-state index in [2.05, 4.69) is 91.7 Å². The lowest BCUT2D eigenvalue weighted by atomic mass is 9.91. The lowest BCUT2D eigenvalue weighted by Gasteiger charge is -2.21. The van der Waals surface area contributed by atoms with Gasteiger partial charge in [0.1, 0.15) is 14.1 Å². The zero-order valence-electron chi connectivity index (χ0n) is 31.8. The third kappa shape index (κ3) is 8.72. The van der Waals surface area contributed by atoms with Gasteiger partial charge in [0.05, 0.1) is 41.7 Å². The maximum atomic E-state index is 11.4. The molecule has 0 aliphatic carbocycles. The van der Waals surface area contributed by atoms with Crippen molar-refractivity contribution in [3.63, 3.8) is 0 Å². The first-order valence-corrected chi connectivity index (χ1v) is 23.5. The highest BCUT2D eigenvalue weighted by atomic mass is 32.2. The summed E-state index contributed by atoms with van der Waals surface area (Å²) < 4.78 is 72.7. The van der Waals surface area contributed by atoms with Crippen molar-refractivity contribution in [1.82, 2.24) is 0 Å². The molecule has 14 heteroatoms. The van der Waals surface area contributed by atoms with Gasteiger partial charge in [-0.15, -0.1) is 0 Å². The van der Waals surface area contributed by atoms with Crippen molar-refractivity contribution in [3.8, 4) is 22.3 Å². The number of para-hydroxylation sites is 2. The van der Waals surface area contributed by atoms with Crippen molar-refractivity contribution in [2.24, 2.45) is 14.1 Å². The summed E-state index contributed by atoms with van der Waals surface area (Å²) in [6.45, 7) is 0.798. The van der Waals surface area contributed by atoms with Crippen molar-refractivity contribution in [1.29, 1.82) is 0 Å². The number of aryl methyl sites for hydroxylation is 2. The molecule has 2 aliphatic heterocycles. The van der Waals surface area contributed by atoms with Crippen LogP contribution in [0.25, 0.3) is 45.2 Å². The Balaban J connectivity index is 1.16.